The van der Waals surface area contributed by atoms with Gasteiger partial charge in [-0.25, -0.2) is 15.0 Å². The molecule has 0 unspecified atom stereocenters. The SMILES string of the molecule is NC(=O)c1n[nH]c2ccc(Nc3ncnc4c3ncn4C3CC3)cc12. The molecule has 3 aromatic heterocycles. The number of carbonyl (C=O) groups is 1. The molecule has 0 atom stereocenters. The number of fused-ring (bicyclic) bond motifs is 2. The third-order valence-electron chi connectivity index (χ3n) is 4.36. The molecule has 5 rings (SSSR count). The molecule has 0 aliphatic heterocycles. The van der Waals surface area contributed by atoms with E-state index < -0.39 is 5.91 Å². The molecular weight excluding hydrogens is 320 g/mol. The van der Waals surface area contributed by atoms with Crippen LogP contribution in [0.1, 0.15) is 29.4 Å². The highest BCUT2D eigenvalue weighted by atomic mass is 16.1. The minimum absolute atomic E-state index is 0.212. The Morgan fingerprint density at radius 3 is 2.96 bits per heavy atom. The minimum atomic E-state index is -0.573. The highest BCUT2D eigenvalue weighted by Crippen LogP contribution is 2.37. The largest absolute Gasteiger partial charge is 0.364 e. The van der Waals surface area contributed by atoms with Crippen molar-refractivity contribution in [3.05, 3.63) is 36.5 Å². The summed E-state index contributed by atoms with van der Waals surface area (Å²) in [5.41, 5.74) is 8.62. The van der Waals surface area contributed by atoms with Gasteiger partial charge in [-0.2, -0.15) is 5.10 Å². The summed E-state index contributed by atoms with van der Waals surface area (Å²) in [6, 6.07) is 6.01. The second-order valence-electron chi connectivity index (χ2n) is 6.10. The number of nitrogens with one attached hydrogen (secondary N) is 2. The highest BCUT2D eigenvalue weighted by Gasteiger charge is 2.26. The zero-order chi connectivity index (χ0) is 17.0. The van der Waals surface area contributed by atoms with Crippen LogP contribution in [0.3, 0.4) is 0 Å². The van der Waals surface area contributed by atoms with Crippen LogP contribution in [0.2, 0.25) is 0 Å². The summed E-state index contributed by atoms with van der Waals surface area (Å²) in [6.07, 6.45) is 5.65. The Labute approximate surface area is 141 Å². The van der Waals surface area contributed by atoms with E-state index >= 15 is 0 Å². The van der Waals surface area contributed by atoms with E-state index in [1.165, 1.54) is 6.33 Å². The number of amides is 1. The van der Waals surface area contributed by atoms with Gasteiger partial charge in [0, 0.05) is 17.1 Å². The van der Waals surface area contributed by atoms with Crippen molar-refractivity contribution in [3.8, 4) is 0 Å². The standard InChI is InChI=1S/C16H14N8O/c17-14(25)12-10-5-8(1-4-11(10)22-23-12)21-15-13-16(19-6-18-15)24(7-20-13)9-2-3-9/h1,4-7,9H,2-3H2,(H2,17,25)(H,22,23)(H,18,19,21). The first-order valence-electron chi connectivity index (χ1n) is 7.93. The van der Waals surface area contributed by atoms with Gasteiger partial charge >= 0.3 is 0 Å². The van der Waals surface area contributed by atoms with Gasteiger partial charge in [0.1, 0.15) is 6.33 Å². The lowest BCUT2D eigenvalue weighted by molar-refractivity contribution is 0.0997. The second kappa shape index (κ2) is 5.00. The van der Waals surface area contributed by atoms with Gasteiger partial charge in [0.2, 0.25) is 0 Å². The molecule has 3 heterocycles. The Hall–Kier alpha value is -3.49. The lowest BCUT2D eigenvalue weighted by Crippen LogP contribution is -2.11. The molecule has 0 saturated heterocycles. The zero-order valence-corrected chi connectivity index (χ0v) is 13.1. The summed E-state index contributed by atoms with van der Waals surface area (Å²) in [7, 11) is 0. The third-order valence-corrected chi connectivity index (χ3v) is 4.36. The quantitative estimate of drug-likeness (QED) is 0.523. The number of imidazole rings is 1. The fourth-order valence-electron chi connectivity index (χ4n) is 2.98. The van der Waals surface area contributed by atoms with Crippen LogP contribution in [0.5, 0.6) is 0 Å². The van der Waals surface area contributed by atoms with Crippen molar-refractivity contribution < 1.29 is 4.79 Å². The number of benzene rings is 1. The average Bonchev–Trinajstić information content (AvgIpc) is 3.20. The number of carbonyl (C=O) groups excluding carboxylic acids is 1. The monoisotopic (exact) mass is 334 g/mol. The van der Waals surface area contributed by atoms with Crippen LogP contribution < -0.4 is 11.1 Å². The summed E-state index contributed by atoms with van der Waals surface area (Å²) in [5, 5.41) is 10.7. The zero-order valence-electron chi connectivity index (χ0n) is 13.1. The van der Waals surface area contributed by atoms with Crippen molar-refractivity contribution in [1.82, 2.24) is 29.7 Å². The van der Waals surface area contributed by atoms with E-state index in [9.17, 15) is 4.79 Å². The number of primary amides is 1. The fourth-order valence-corrected chi connectivity index (χ4v) is 2.98. The summed E-state index contributed by atoms with van der Waals surface area (Å²) in [6.45, 7) is 0. The van der Waals surface area contributed by atoms with E-state index in [2.05, 4.69) is 35.0 Å². The van der Waals surface area contributed by atoms with Gasteiger partial charge in [0.15, 0.2) is 22.7 Å². The molecule has 0 bridgehead atoms. The van der Waals surface area contributed by atoms with E-state index in [1.54, 1.807) is 0 Å². The predicted molar refractivity (Wildman–Crippen MR) is 91.5 cm³/mol. The van der Waals surface area contributed by atoms with Crippen molar-refractivity contribution in [3.63, 3.8) is 0 Å². The smallest absolute Gasteiger partial charge is 0.269 e. The number of aromatic nitrogens is 6. The van der Waals surface area contributed by atoms with Gasteiger partial charge in [-0.05, 0) is 31.0 Å². The lowest BCUT2D eigenvalue weighted by Gasteiger charge is -2.07. The molecule has 1 saturated carbocycles. The fraction of sp³-hybridized carbons (Fsp3) is 0.188. The average molecular weight is 334 g/mol. The molecule has 25 heavy (non-hydrogen) atoms. The van der Waals surface area contributed by atoms with Crippen LogP contribution in [0.25, 0.3) is 22.1 Å². The molecular formula is C16H14N8O. The summed E-state index contributed by atoms with van der Waals surface area (Å²) in [4.78, 5) is 24.6. The molecule has 1 fully saturated rings. The molecule has 4 aromatic rings. The van der Waals surface area contributed by atoms with E-state index in [1.807, 2.05) is 24.5 Å². The van der Waals surface area contributed by atoms with Crippen molar-refractivity contribution in [2.45, 2.75) is 18.9 Å². The number of anilines is 2. The van der Waals surface area contributed by atoms with Gasteiger partial charge in [-0.15, -0.1) is 0 Å². The maximum Gasteiger partial charge on any atom is 0.269 e. The molecule has 0 spiro atoms. The van der Waals surface area contributed by atoms with Gasteiger partial charge in [-0.3, -0.25) is 9.89 Å². The van der Waals surface area contributed by atoms with Crippen molar-refractivity contribution in [1.29, 1.82) is 0 Å². The first-order valence-corrected chi connectivity index (χ1v) is 7.93. The number of nitrogens with two attached hydrogens (primary N) is 1. The maximum absolute atomic E-state index is 11.5. The van der Waals surface area contributed by atoms with Gasteiger partial charge < -0.3 is 15.6 Å². The lowest BCUT2D eigenvalue weighted by atomic mass is 10.2. The van der Waals surface area contributed by atoms with Crippen LogP contribution in [0, 0.1) is 0 Å². The minimum Gasteiger partial charge on any atom is -0.364 e. The second-order valence-corrected chi connectivity index (χ2v) is 6.10. The summed E-state index contributed by atoms with van der Waals surface area (Å²) in [5.74, 6) is 0.0453. The Balaban J connectivity index is 1.57. The van der Waals surface area contributed by atoms with Crippen molar-refractivity contribution >= 4 is 39.5 Å². The Morgan fingerprint density at radius 1 is 1.28 bits per heavy atom. The molecule has 1 amide bonds. The van der Waals surface area contributed by atoms with Crippen LogP contribution >= 0.6 is 0 Å². The number of nitrogens with zero attached hydrogens (tertiary/aromatic N) is 5. The normalized spacial score (nSPS) is 14.2. The van der Waals surface area contributed by atoms with Crippen LogP contribution in [0.4, 0.5) is 11.5 Å². The van der Waals surface area contributed by atoms with Crippen molar-refractivity contribution in [2.75, 3.05) is 5.32 Å². The first-order chi connectivity index (χ1) is 12.2. The maximum atomic E-state index is 11.5. The van der Waals surface area contributed by atoms with E-state index in [-0.39, 0.29) is 5.69 Å². The number of hydrogen-bond donors (Lipinski definition) is 3. The Morgan fingerprint density at radius 2 is 2.16 bits per heavy atom. The summed E-state index contributed by atoms with van der Waals surface area (Å²) < 4.78 is 2.09. The van der Waals surface area contributed by atoms with E-state index in [0.717, 1.165) is 35.2 Å². The number of aromatic amines is 1. The Kier molecular flexibility index (Phi) is 2.78. The van der Waals surface area contributed by atoms with Crippen LogP contribution in [0.15, 0.2) is 30.9 Å². The molecule has 124 valence electrons. The van der Waals surface area contributed by atoms with Gasteiger partial charge in [0.05, 0.1) is 11.8 Å². The molecule has 1 aliphatic rings. The number of hydrogen-bond acceptors (Lipinski definition) is 6. The summed E-state index contributed by atoms with van der Waals surface area (Å²) >= 11 is 0. The van der Waals surface area contributed by atoms with Gasteiger partial charge in [0.25, 0.3) is 5.91 Å². The highest BCUT2D eigenvalue weighted by molar-refractivity contribution is 6.04. The van der Waals surface area contributed by atoms with Crippen molar-refractivity contribution in [2.24, 2.45) is 5.73 Å². The molecule has 4 N–H and O–H groups in total. The molecule has 1 aliphatic carbocycles. The Bertz CT molecular complexity index is 1120. The van der Waals surface area contributed by atoms with E-state index in [0.29, 0.717) is 17.2 Å². The third kappa shape index (κ3) is 2.20. The first kappa shape index (κ1) is 13.9. The molecule has 0 radical (unpaired) electrons. The molecule has 1 aromatic carbocycles. The van der Waals surface area contributed by atoms with E-state index in [4.69, 9.17) is 5.73 Å². The number of H-pyrrole nitrogens is 1. The molecule has 9 nitrogen and oxygen atoms in total. The van der Waals surface area contributed by atoms with Crippen LogP contribution in [-0.2, 0) is 0 Å². The predicted octanol–water partition coefficient (Wildman–Crippen LogP) is 1.88. The van der Waals surface area contributed by atoms with Gasteiger partial charge in [-0.1, -0.05) is 0 Å². The topological polar surface area (TPSA) is 127 Å². The molecule has 9 heteroatoms. The van der Waals surface area contributed by atoms with Crippen LogP contribution in [-0.4, -0.2) is 35.6 Å². The number of rotatable bonds is 4.